The quantitative estimate of drug-likeness (QED) is 0.672. The number of aromatic nitrogens is 1. The summed E-state index contributed by atoms with van der Waals surface area (Å²) in [5.74, 6) is 0.935. The highest BCUT2D eigenvalue weighted by Gasteiger charge is 2.07. The minimum atomic E-state index is 0.935. The number of rotatable bonds is 1. The molecule has 2 nitrogen and oxygen atoms in total. The second-order valence-corrected chi connectivity index (χ2v) is 3.76. The van der Waals surface area contributed by atoms with Crippen LogP contribution in [0.15, 0.2) is 18.3 Å². The average molecular weight is 189 g/mol. The minimum absolute atomic E-state index is 0.935. The van der Waals surface area contributed by atoms with E-state index in [0.717, 1.165) is 5.75 Å². The van der Waals surface area contributed by atoms with Gasteiger partial charge in [-0.15, -0.1) is 0 Å². The van der Waals surface area contributed by atoms with Gasteiger partial charge in [-0.05, 0) is 37.1 Å². The number of ether oxygens (including phenoxy) is 1. The van der Waals surface area contributed by atoms with Crippen LogP contribution in [0, 0.1) is 13.8 Å². The van der Waals surface area contributed by atoms with Crippen LogP contribution in [0.25, 0.3) is 10.9 Å². The maximum absolute atomic E-state index is 5.26. The number of fused-ring (bicyclic) bond motifs is 1. The summed E-state index contributed by atoms with van der Waals surface area (Å²) in [6, 6.07) is 4.17. The van der Waals surface area contributed by atoms with E-state index in [1.54, 1.807) is 7.11 Å². The molecule has 0 N–H and O–H groups in total. The van der Waals surface area contributed by atoms with E-state index in [4.69, 9.17) is 4.74 Å². The van der Waals surface area contributed by atoms with Gasteiger partial charge >= 0.3 is 0 Å². The number of methoxy groups -OCH3 is 1. The van der Waals surface area contributed by atoms with Gasteiger partial charge in [0.15, 0.2) is 0 Å². The van der Waals surface area contributed by atoms with Crippen LogP contribution < -0.4 is 4.74 Å². The third kappa shape index (κ3) is 1.18. The summed E-state index contributed by atoms with van der Waals surface area (Å²) in [4.78, 5) is 0. The average Bonchev–Trinajstić information content (AvgIpc) is 2.42. The largest absolute Gasteiger partial charge is 0.497 e. The van der Waals surface area contributed by atoms with Gasteiger partial charge in [-0.3, -0.25) is 0 Å². The number of hydrogen-bond donors (Lipinski definition) is 0. The predicted octanol–water partition coefficient (Wildman–Crippen LogP) is 2.80. The molecule has 0 aliphatic heterocycles. The SMILES string of the molecule is COc1cc(C)c2c(c1)c(C)cn2C. The van der Waals surface area contributed by atoms with E-state index in [1.807, 2.05) is 0 Å². The van der Waals surface area contributed by atoms with Crippen molar-refractivity contribution in [2.24, 2.45) is 7.05 Å². The Hall–Kier alpha value is -1.44. The molecule has 2 aromatic rings. The van der Waals surface area contributed by atoms with Gasteiger partial charge in [-0.25, -0.2) is 0 Å². The third-order valence-corrected chi connectivity index (χ3v) is 2.67. The highest BCUT2D eigenvalue weighted by molar-refractivity contribution is 5.87. The first kappa shape index (κ1) is 9.13. The Labute approximate surface area is 84.1 Å². The van der Waals surface area contributed by atoms with E-state index in [-0.39, 0.29) is 0 Å². The highest BCUT2D eigenvalue weighted by Crippen LogP contribution is 2.28. The Morgan fingerprint density at radius 2 is 1.86 bits per heavy atom. The van der Waals surface area contributed by atoms with Crippen LogP contribution in [-0.2, 0) is 7.05 Å². The van der Waals surface area contributed by atoms with Crippen molar-refractivity contribution in [2.45, 2.75) is 13.8 Å². The lowest BCUT2D eigenvalue weighted by Crippen LogP contribution is -1.89. The maximum Gasteiger partial charge on any atom is 0.119 e. The van der Waals surface area contributed by atoms with Crippen molar-refractivity contribution in [3.8, 4) is 5.75 Å². The first-order valence-corrected chi connectivity index (χ1v) is 4.73. The molecule has 1 heterocycles. The van der Waals surface area contributed by atoms with Gasteiger partial charge in [-0.1, -0.05) is 0 Å². The Kier molecular flexibility index (Phi) is 1.99. The van der Waals surface area contributed by atoms with Crippen LogP contribution in [0.5, 0.6) is 5.75 Å². The van der Waals surface area contributed by atoms with Crippen molar-refractivity contribution in [3.05, 3.63) is 29.5 Å². The molecule has 0 unspecified atom stereocenters. The number of benzene rings is 1. The van der Waals surface area contributed by atoms with Gasteiger partial charge in [0.05, 0.1) is 12.6 Å². The van der Waals surface area contributed by atoms with E-state index in [1.165, 1.54) is 22.0 Å². The topological polar surface area (TPSA) is 14.2 Å². The molecule has 0 bridgehead atoms. The fourth-order valence-electron chi connectivity index (χ4n) is 2.06. The molecule has 14 heavy (non-hydrogen) atoms. The van der Waals surface area contributed by atoms with Gasteiger partial charge < -0.3 is 9.30 Å². The highest BCUT2D eigenvalue weighted by atomic mass is 16.5. The van der Waals surface area contributed by atoms with Crippen LogP contribution >= 0.6 is 0 Å². The summed E-state index contributed by atoms with van der Waals surface area (Å²) in [6.45, 7) is 4.24. The normalized spacial score (nSPS) is 10.9. The van der Waals surface area contributed by atoms with Crippen molar-refractivity contribution in [3.63, 3.8) is 0 Å². The molecule has 0 aliphatic carbocycles. The summed E-state index contributed by atoms with van der Waals surface area (Å²) in [5.41, 5.74) is 3.85. The first-order valence-electron chi connectivity index (χ1n) is 4.73. The molecule has 1 aromatic carbocycles. The van der Waals surface area contributed by atoms with E-state index in [9.17, 15) is 0 Å². The van der Waals surface area contributed by atoms with Crippen molar-refractivity contribution >= 4 is 10.9 Å². The number of hydrogen-bond acceptors (Lipinski definition) is 1. The monoisotopic (exact) mass is 189 g/mol. The van der Waals surface area contributed by atoms with Crippen molar-refractivity contribution < 1.29 is 4.74 Å². The summed E-state index contributed by atoms with van der Waals surface area (Å²) < 4.78 is 7.42. The smallest absolute Gasteiger partial charge is 0.119 e. The van der Waals surface area contributed by atoms with Crippen LogP contribution in [0.3, 0.4) is 0 Å². The lowest BCUT2D eigenvalue weighted by atomic mass is 10.1. The molecule has 1 aromatic heterocycles. The zero-order chi connectivity index (χ0) is 10.3. The minimum Gasteiger partial charge on any atom is -0.497 e. The third-order valence-electron chi connectivity index (χ3n) is 2.67. The fourth-order valence-corrected chi connectivity index (χ4v) is 2.06. The molecular weight excluding hydrogens is 174 g/mol. The second kappa shape index (κ2) is 3.05. The van der Waals surface area contributed by atoms with Gasteiger partial charge in [0.1, 0.15) is 5.75 Å². The van der Waals surface area contributed by atoms with Gasteiger partial charge in [0, 0.05) is 18.6 Å². The zero-order valence-corrected chi connectivity index (χ0v) is 9.09. The Bertz CT molecular complexity index is 483. The lowest BCUT2D eigenvalue weighted by Gasteiger charge is -2.05. The van der Waals surface area contributed by atoms with Crippen molar-refractivity contribution in [1.82, 2.24) is 4.57 Å². The molecule has 0 aliphatic rings. The lowest BCUT2D eigenvalue weighted by molar-refractivity contribution is 0.415. The molecule has 2 rings (SSSR count). The van der Waals surface area contributed by atoms with Crippen LogP contribution in [0.4, 0.5) is 0 Å². The molecule has 0 saturated heterocycles. The van der Waals surface area contributed by atoms with Crippen LogP contribution in [0.1, 0.15) is 11.1 Å². The molecule has 0 radical (unpaired) electrons. The maximum atomic E-state index is 5.26. The summed E-state index contributed by atoms with van der Waals surface area (Å²) in [6.07, 6.45) is 2.15. The van der Waals surface area contributed by atoms with Gasteiger partial charge in [0.2, 0.25) is 0 Å². The molecule has 0 atom stereocenters. The molecule has 74 valence electrons. The standard InChI is InChI=1S/C12H15NO/c1-8-5-10(14-4)6-11-9(2)7-13(3)12(8)11/h5-7H,1-4H3. The predicted molar refractivity (Wildman–Crippen MR) is 58.9 cm³/mol. The van der Waals surface area contributed by atoms with E-state index in [2.05, 4.69) is 43.8 Å². The van der Waals surface area contributed by atoms with E-state index >= 15 is 0 Å². The van der Waals surface area contributed by atoms with E-state index in [0.29, 0.717) is 0 Å². The fraction of sp³-hybridized carbons (Fsp3) is 0.333. The van der Waals surface area contributed by atoms with Crippen molar-refractivity contribution in [1.29, 1.82) is 0 Å². The summed E-state index contributed by atoms with van der Waals surface area (Å²) in [7, 11) is 3.79. The first-order chi connectivity index (χ1) is 6.63. The van der Waals surface area contributed by atoms with Crippen LogP contribution in [0.2, 0.25) is 0 Å². The Morgan fingerprint density at radius 3 is 2.50 bits per heavy atom. The Morgan fingerprint density at radius 1 is 1.14 bits per heavy atom. The number of aryl methyl sites for hydroxylation is 3. The van der Waals surface area contributed by atoms with Crippen molar-refractivity contribution in [2.75, 3.05) is 7.11 Å². The molecule has 2 heteroatoms. The molecule has 0 amide bonds. The zero-order valence-electron chi connectivity index (χ0n) is 9.09. The van der Waals surface area contributed by atoms with Gasteiger partial charge in [0.25, 0.3) is 0 Å². The molecule has 0 spiro atoms. The summed E-state index contributed by atoms with van der Waals surface area (Å²) in [5, 5.41) is 1.28. The van der Waals surface area contributed by atoms with Gasteiger partial charge in [-0.2, -0.15) is 0 Å². The molecule has 0 fully saturated rings. The summed E-state index contributed by atoms with van der Waals surface area (Å²) >= 11 is 0. The number of nitrogens with zero attached hydrogens (tertiary/aromatic N) is 1. The second-order valence-electron chi connectivity index (χ2n) is 3.76. The molecular formula is C12H15NO. The van der Waals surface area contributed by atoms with Crippen LogP contribution in [-0.4, -0.2) is 11.7 Å². The Balaban J connectivity index is 2.86. The molecule has 0 saturated carbocycles. The van der Waals surface area contributed by atoms with E-state index < -0.39 is 0 Å².